The van der Waals surface area contributed by atoms with Gasteiger partial charge in [-0.1, -0.05) is 0 Å². The van der Waals surface area contributed by atoms with Crippen molar-refractivity contribution in [2.75, 3.05) is 23.3 Å². The third kappa shape index (κ3) is 4.21. The van der Waals surface area contributed by atoms with Crippen LogP contribution >= 0.6 is 0 Å². The van der Waals surface area contributed by atoms with Crippen LogP contribution in [0.25, 0.3) is 0 Å². The fourth-order valence-electron chi connectivity index (χ4n) is 2.52. The van der Waals surface area contributed by atoms with E-state index in [2.05, 4.69) is 34.9 Å². The fraction of sp³-hybridized carbons (Fsp3) is 0.438. The zero-order chi connectivity index (χ0) is 16.8. The number of nitrogens with zero attached hydrogens (tertiary/aromatic N) is 1. The summed E-state index contributed by atoms with van der Waals surface area (Å²) in [6, 6.07) is 7.61. The highest BCUT2D eigenvalue weighted by molar-refractivity contribution is 6.05. The molecule has 1 aliphatic rings. The minimum Gasteiger partial charge on any atom is -0.372 e. The second-order valence-electron chi connectivity index (χ2n) is 5.34. The molecule has 3 N–H and O–H groups in total. The number of hydrogen-bond donors (Lipinski definition) is 3. The minimum absolute atomic E-state index is 0.114. The average Bonchev–Trinajstić information content (AvgIpc) is 2.87. The van der Waals surface area contributed by atoms with Gasteiger partial charge in [0, 0.05) is 30.9 Å². The number of benzene rings is 1. The van der Waals surface area contributed by atoms with Gasteiger partial charge < -0.3 is 10.2 Å². The smallest absolute Gasteiger partial charge is 0.251 e. The Bertz CT molecular complexity index is 565. The molecule has 0 aliphatic carbocycles. The number of anilines is 2. The Morgan fingerprint density at radius 3 is 2.17 bits per heavy atom. The number of carbonyl (C=O) groups is 3. The van der Waals surface area contributed by atoms with Crippen molar-refractivity contribution in [3.8, 4) is 0 Å². The van der Waals surface area contributed by atoms with Crippen molar-refractivity contribution in [1.82, 2.24) is 10.9 Å². The maximum absolute atomic E-state index is 11.9. The summed E-state index contributed by atoms with van der Waals surface area (Å²) in [5.41, 5.74) is 6.30. The molecule has 0 spiro atoms. The molecular formula is C16H22N4O3. The van der Waals surface area contributed by atoms with E-state index in [0.717, 1.165) is 18.8 Å². The number of hydrazine groups is 1. The first-order chi connectivity index (χ1) is 11.0. The zero-order valence-electron chi connectivity index (χ0n) is 13.4. The molecule has 0 aromatic heterocycles. The van der Waals surface area contributed by atoms with Crippen molar-refractivity contribution in [1.29, 1.82) is 0 Å². The van der Waals surface area contributed by atoms with Gasteiger partial charge in [-0.3, -0.25) is 25.2 Å². The molecule has 7 heteroatoms. The Balaban J connectivity index is 1.85. The second-order valence-corrected chi connectivity index (χ2v) is 5.34. The highest BCUT2D eigenvalue weighted by Crippen LogP contribution is 2.18. The standard InChI is InChI=1S/C16H22N4O3/c1-3-20(4-2)12-7-5-11(6-8-12)17-14(21)10-9-13-15(22)18-19-16(13)23/h5-8,13H,3-4,9-10H2,1-2H3,(H,17,21)(H,18,22)(H,19,23). The van der Waals surface area contributed by atoms with Crippen LogP contribution in [0.5, 0.6) is 0 Å². The zero-order valence-corrected chi connectivity index (χ0v) is 13.4. The van der Waals surface area contributed by atoms with Gasteiger partial charge in [0.1, 0.15) is 5.92 Å². The second kappa shape index (κ2) is 7.62. The average molecular weight is 318 g/mol. The molecule has 0 saturated carbocycles. The molecule has 1 heterocycles. The Morgan fingerprint density at radius 2 is 1.65 bits per heavy atom. The molecule has 3 amide bonds. The lowest BCUT2D eigenvalue weighted by atomic mass is 10.0. The maximum Gasteiger partial charge on any atom is 0.251 e. The van der Waals surface area contributed by atoms with E-state index < -0.39 is 5.92 Å². The maximum atomic E-state index is 11.9. The predicted octanol–water partition coefficient (Wildman–Crippen LogP) is 1.03. The summed E-state index contributed by atoms with van der Waals surface area (Å²) >= 11 is 0. The first-order valence-electron chi connectivity index (χ1n) is 7.79. The van der Waals surface area contributed by atoms with E-state index in [1.165, 1.54) is 0 Å². The Hall–Kier alpha value is -2.57. The van der Waals surface area contributed by atoms with Crippen LogP contribution in [-0.4, -0.2) is 30.8 Å². The molecule has 0 atom stereocenters. The topological polar surface area (TPSA) is 90.5 Å². The van der Waals surface area contributed by atoms with Crippen molar-refractivity contribution < 1.29 is 14.4 Å². The number of carbonyl (C=O) groups excluding carboxylic acids is 3. The Morgan fingerprint density at radius 1 is 1.09 bits per heavy atom. The number of rotatable bonds is 7. The summed E-state index contributed by atoms with van der Waals surface area (Å²) in [5.74, 6) is -1.77. The summed E-state index contributed by atoms with van der Waals surface area (Å²) in [4.78, 5) is 36.9. The van der Waals surface area contributed by atoms with Crippen LogP contribution in [0.1, 0.15) is 26.7 Å². The summed E-state index contributed by atoms with van der Waals surface area (Å²) < 4.78 is 0. The van der Waals surface area contributed by atoms with Crippen LogP contribution in [0.15, 0.2) is 24.3 Å². The number of nitrogens with one attached hydrogen (secondary N) is 3. The van der Waals surface area contributed by atoms with Gasteiger partial charge in [-0.2, -0.15) is 0 Å². The molecule has 23 heavy (non-hydrogen) atoms. The van der Waals surface area contributed by atoms with Crippen LogP contribution in [-0.2, 0) is 14.4 Å². The van der Waals surface area contributed by atoms with Crippen molar-refractivity contribution >= 4 is 29.1 Å². The normalized spacial score (nSPS) is 14.3. The molecule has 1 aliphatic heterocycles. The monoisotopic (exact) mass is 318 g/mol. The number of hydrogen-bond acceptors (Lipinski definition) is 4. The van der Waals surface area contributed by atoms with E-state index in [0.29, 0.717) is 5.69 Å². The quantitative estimate of drug-likeness (QED) is 0.655. The fourth-order valence-corrected chi connectivity index (χ4v) is 2.52. The molecule has 1 fully saturated rings. The van der Waals surface area contributed by atoms with E-state index in [1.54, 1.807) is 0 Å². The molecule has 7 nitrogen and oxygen atoms in total. The number of amides is 3. The summed E-state index contributed by atoms with van der Waals surface area (Å²) in [6.07, 6.45) is 0.310. The van der Waals surface area contributed by atoms with Gasteiger partial charge in [0.15, 0.2) is 0 Å². The first kappa shape index (κ1) is 16.8. The molecule has 0 unspecified atom stereocenters. The van der Waals surface area contributed by atoms with E-state index in [9.17, 15) is 14.4 Å². The van der Waals surface area contributed by atoms with Crippen molar-refractivity contribution in [3.05, 3.63) is 24.3 Å². The third-order valence-electron chi connectivity index (χ3n) is 3.88. The van der Waals surface area contributed by atoms with Gasteiger partial charge >= 0.3 is 0 Å². The van der Waals surface area contributed by atoms with Gasteiger partial charge in [-0.05, 0) is 44.5 Å². The van der Waals surface area contributed by atoms with Crippen LogP contribution < -0.4 is 21.1 Å². The lowest BCUT2D eigenvalue weighted by Gasteiger charge is -2.21. The SMILES string of the molecule is CCN(CC)c1ccc(NC(=O)CCC2C(=O)NNC2=O)cc1. The first-order valence-corrected chi connectivity index (χ1v) is 7.79. The van der Waals surface area contributed by atoms with Gasteiger partial charge in [0.25, 0.3) is 11.8 Å². The van der Waals surface area contributed by atoms with Crippen LogP contribution in [0.2, 0.25) is 0 Å². The van der Waals surface area contributed by atoms with Crippen molar-refractivity contribution in [2.45, 2.75) is 26.7 Å². The van der Waals surface area contributed by atoms with Gasteiger partial charge in [-0.25, -0.2) is 0 Å². The lowest BCUT2D eigenvalue weighted by molar-refractivity contribution is -0.128. The molecule has 1 saturated heterocycles. The molecule has 1 aromatic rings. The largest absolute Gasteiger partial charge is 0.372 e. The highest BCUT2D eigenvalue weighted by Gasteiger charge is 2.32. The molecule has 2 rings (SSSR count). The summed E-state index contributed by atoms with van der Waals surface area (Å²) in [5, 5.41) is 2.78. The van der Waals surface area contributed by atoms with E-state index >= 15 is 0 Å². The van der Waals surface area contributed by atoms with Crippen LogP contribution in [0.4, 0.5) is 11.4 Å². The molecule has 0 bridgehead atoms. The minimum atomic E-state index is -0.786. The van der Waals surface area contributed by atoms with Gasteiger partial charge in [-0.15, -0.1) is 0 Å². The molecule has 1 aromatic carbocycles. The Kier molecular flexibility index (Phi) is 5.56. The highest BCUT2D eigenvalue weighted by atomic mass is 16.2. The molecule has 124 valence electrons. The van der Waals surface area contributed by atoms with E-state index in [1.807, 2.05) is 24.3 Å². The lowest BCUT2D eigenvalue weighted by Crippen LogP contribution is -2.28. The summed E-state index contributed by atoms with van der Waals surface area (Å²) in [7, 11) is 0. The van der Waals surface area contributed by atoms with Crippen LogP contribution in [0.3, 0.4) is 0 Å². The van der Waals surface area contributed by atoms with Crippen molar-refractivity contribution in [3.63, 3.8) is 0 Å². The third-order valence-corrected chi connectivity index (χ3v) is 3.88. The molecular weight excluding hydrogens is 296 g/mol. The van der Waals surface area contributed by atoms with E-state index in [4.69, 9.17) is 0 Å². The Labute approximate surface area is 135 Å². The van der Waals surface area contributed by atoms with E-state index in [-0.39, 0.29) is 30.6 Å². The van der Waals surface area contributed by atoms with Crippen LogP contribution in [0, 0.1) is 5.92 Å². The van der Waals surface area contributed by atoms with Gasteiger partial charge in [0.05, 0.1) is 0 Å². The van der Waals surface area contributed by atoms with Gasteiger partial charge in [0.2, 0.25) is 5.91 Å². The van der Waals surface area contributed by atoms with Crippen molar-refractivity contribution in [2.24, 2.45) is 5.92 Å². The predicted molar refractivity (Wildman–Crippen MR) is 87.6 cm³/mol. The molecule has 0 radical (unpaired) electrons. The summed E-state index contributed by atoms with van der Waals surface area (Å²) in [6.45, 7) is 6.03.